The number of anilines is 1. The average Bonchev–Trinajstić information content (AvgIpc) is 2.50. The van der Waals surface area contributed by atoms with Crippen molar-refractivity contribution in [2.75, 3.05) is 18.5 Å². The Bertz CT molecular complexity index is 661. The van der Waals surface area contributed by atoms with Crippen LogP contribution in [0.3, 0.4) is 0 Å². The highest BCUT2D eigenvalue weighted by atomic mass is 19.4. The van der Waals surface area contributed by atoms with E-state index in [4.69, 9.17) is 14.2 Å². The van der Waals surface area contributed by atoms with E-state index in [0.717, 1.165) is 6.07 Å². The Balaban J connectivity index is 2.20. The molecular formula is C18H24F3NO4. The predicted octanol–water partition coefficient (Wildman–Crippen LogP) is 4.22. The lowest BCUT2D eigenvalue weighted by molar-refractivity contribution is -0.276. The van der Waals surface area contributed by atoms with E-state index in [2.05, 4.69) is 5.32 Å². The van der Waals surface area contributed by atoms with Gasteiger partial charge in [-0.3, -0.25) is 4.79 Å². The summed E-state index contributed by atoms with van der Waals surface area (Å²) in [6.45, 7) is 8.58. The van der Waals surface area contributed by atoms with Crippen molar-refractivity contribution in [2.24, 2.45) is 5.41 Å². The molecule has 0 aromatic heterocycles. The van der Waals surface area contributed by atoms with Crippen molar-refractivity contribution in [3.63, 3.8) is 0 Å². The molecule has 5 nitrogen and oxygen atoms in total. The molecule has 1 aromatic rings. The molecule has 2 rings (SSSR count). The fourth-order valence-electron chi connectivity index (χ4n) is 2.35. The van der Waals surface area contributed by atoms with Crippen molar-refractivity contribution >= 4 is 11.6 Å². The van der Waals surface area contributed by atoms with Gasteiger partial charge in [-0.1, -0.05) is 0 Å². The second-order valence-corrected chi connectivity index (χ2v) is 7.37. The number of benzene rings is 1. The Kier molecular flexibility index (Phi) is 5.58. The quantitative estimate of drug-likeness (QED) is 0.856. The summed E-state index contributed by atoms with van der Waals surface area (Å²) in [6.07, 6.45) is -5.01. The summed E-state index contributed by atoms with van der Waals surface area (Å²) < 4.78 is 56.1. The van der Waals surface area contributed by atoms with Gasteiger partial charge >= 0.3 is 6.18 Å². The molecule has 1 heterocycles. The third-order valence-electron chi connectivity index (χ3n) is 3.93. The maximum atomic E-state index is 13.3. The third kappa shape index (κ3) is 4.88. The monoisotopic (exact) mass is 375 g/mol. The van der Waals surface area contributed by atoms with Crippen LogP contribution in [0, 0.1) is 5.41 Å². The third-order valence-corrected chi connectivity index (χ3v) is 3.93. The second kappa shape index (κ2) is 7.08. The lowest BCUT2D eigenvalue weighted by Gasteiger charge is -2.40. The van der Waals surface area contributed by atoms with E-state index in [1.165, 1.54) is 12.1 Å². The van der Waals surface area contributed by atoms with E-state index < -0.39 is 35.0 Å². The first-order valence-electron chi connectivity index (χ1n) is 8.30. The number of alkyl halides is 3. The summed E-state index contributed by atoms with van der Waals surface area (Å²) in [6, 6.07) is 3.45. The molecule has 0 radical (unpaired) electrons. The maximum Gasteiger partial charge on any atom is 0.420 e. The van der Waals surface area contributed by atoms with Gasteiger partial charge in [0.1, 0.15) is 5.75 Å². The molecule has 1 fully saturated rings. The van der Waals surface area contributed by atoms with E-state index in [1.807, 2.05) is 0 Å². The van der Waals surface area contributed by atoms with Crippen molar-refractivity contribution < 1.29 is 32.2 Å². The van der Waals surface area contributed by atoms with Gasteiger partial charge in [-0.15, -0.1) is 0 Å². The van der Waals surface area contributed by atoms with Crippen LogP contribution in [0.1, 0.15) is 40.2 Å². The normalized spacial score (nSPS) is 19.3. The van der Waals surface area contributed by atoms with Crippen LogP contribution in [0.2, 0.25) is 0 Å². The zero-order valence-corrected chi connectivity index (χ0v) is 15.5. The number of nitrogens with one attached hydrogen (secondary N) is 1. The largest absolute Gasteiger partial charge is 0.490 e. The van der Waals surface area contributed by atoms with E-state index >= 15 is 0 Å². The lowest BCUT2D eigenvalue weighted by Crippen LogP contribution is -2.50. The molecule has 1 N–H and O–H groups in total. The molecule has 0 atom stereocenters. The van der Waals surface area contributed by atoms with Crippen molar-refractivity contribution in [1.29, 1.82) is 0 Å². The van der Waals surface area contributed by atoms with Gasteiger partial charge in [0.2, 0.25) is 5.91 Å². The van der Waals surface area contributed by atoms with Gasteiger partial charge in [-0.2, -0.15) is 13.2 Å². The van der Waals surface area contributed by atoms with Crippen LogP contribution in [-0.4, -0.2) is 31.0 Å². The average molecular weight is 375 g/mol. The first-order valence-corrected chi connectivity index (χ1v) is 8.30. The van der Waals surface area contributed by atoms with Crippen LogP contribution < -0.4 is 10.1 Å². The van der Waals surface area contributed by atoms with Gasteiger partial charge in [0, 0.05) is 5.69 Å². The Labute approximate surface area is 150 Å². The summed E-state index contributed by atoms with van der Waals surface area (Å²) in [5.74, 6) is -1.54. The predicted molar refractivity (Wildman–Crippen MR) is 89.9 cm³/mol. The molecule has 1 aliphatic rings. The van der Waals surface area contributed by atoms with Crippen LogP contribution in [-0.2, 0) is 20.4 Å². The molecule has 146 valence electrons. The summed E-state index contributed by atoms with van der Waals surface area (Å²) in [5, 5.41) is 2.52. The molecule has 8 heteroatoms. The SMILES string of the molecule is CC(C)Oc1ccc(NC(=O)C2(C)COC(C)(C)OC2)cc1C(F)(F)F. The number of carbonyl (C=O) groups is 1. The number of carbonyl (C=O) groups excluding carboxylic acids is 1. The van der Waals surface area contributed by atoms with Crippen LogP contribution >= 0.6 is 0 Å². The van der Waals surface area contributed by atoms with Gasteiger partial charge < -0.3 is 19.5 Å². The Morgan fingerprint density at radius 3 is 2.27 bits per heavy atom. The van der Waals surface area contributed by atoms with Crippen LogP contribution in [0.5, 0.6) is 5.75 Å². The first kappa shape index (κ1) is 20.5. The number of rotatable bonds is 4. The number of amides is 1. The van der Waals surface area contributed by atoms with Gasteiger partial charge in [0.15, 0.2) is 5.79 Å². The summed E-state index contributed by atoms with van der Waals surface area (Å²) in [5.41, 5.74) is -1.91. The Morgan fingerprint density at radius 1 is 1.19 bits per heavy atom. The smallest absolute Gasteiger partial charge is 0.420 e. The molecule has 1 aromatic carbocycles. The molecule has 1 amide bonds. The molecule has 0 unspecified atom stereocenters. The molecule has 0 bridgehead atoms. The van der Waals surface area contributed by atoms with E-state index in [-0.39, 0.29) is 24.7 Å². The fraction of sp³-hybridized carbons (Fsp3) is 0.611. The van der Waals surface area contributed by atoms with Crippen molar-refractivity contribution in [3.8, 4) is 5.75 Å². The zero-order chi connectivity index (χ0) is 19.8. The minimum atomic E-state index is -4.60. The van der Waals surface area contributed by atoms with Crippen LogP contribution in [0.4, 0.5) is 18.9 Å². The van der Waals surface area contributed by atoms with E-state index in [1.54, 1.807) is 34.6 Å². The van der Waals surface area contributed by atoms with Crippen molar-refractivity contribution in [3.05, 3.63) is 23.8 Å². The Hall–Kier alpha value is -1.80. The number of hydrogen-bond acceptors (Lipinski definition) is 4. The summed E-state index contributed by atoms with van der Waals surface area (Å²) in [4.78, 5) is 12.5. The molecule has 1 saturated heterocycles. The number of halogens is 3. The number of hydrogen-bond donors (Lipinski definition) is 1. The van der Waals surface area contributed by atoms with Gasteiger partial charge in [0.05, 0.1) is 30.3 Å². The highest BCUT2D eigenvalue weighted by molar-refractivity contribution is 5.95. The fourth-order valence-corrected chi connectivity index (χ4v) is 2.35. The first-order chi connectivity index (χ1) is 11.8. The van der Waals surface area contributed by atoms with E-state index in [9.17, 15) is 18.0 Å². The van der Waals surface area contributed by atoms with Crippen molar-refractivity contribution in [2.45, 2.75) is 52.7 Å². The molecule has 26 heavy (non-hydrogen) atoms. The topological polar surface area (TPSA) is 56.8 Å². The van der Waals surface area contributed by atoms with Crippen LogP contribution in [0.15, 0.2) is 18.2 Å². The summed E-state index contributed by atoms with van der Waals surface area (Å²) in [7, 11) is 0. The molecule has 0 spiro atoms. The summed E-state index contributed by atoms with van der Waals surface area (Å²) >= 11 is 0. The second-order valence-electron chi connectivity index (χ2n) is 7.37. The van der Waals surface area contributed by atoms with Gasteiger partial charge in [-0.05, 0) is 52.8 Å². The van der Waals surface area contributed by atoms with Crippen LogP contribution in [0.25, 0.3) is 0 Å². The van der Waals surface area contributed by atoms with Crippen molar-refractivity contribution in [1.82, 2.24) is 0 Å². The standard InChI is InChI=1S/C18H24F3NO4/c1-11(2)26-14-7-6-12(8-13(14)18(19,20)21)22-15(23)17(5)9-24-16(3,4)25-10-17/h6-8,11H,9-10H2,1-5H3,(H,22,23). The minimum absolute atomic E-state index is 0.0319. The zero-order valence-electron chi connectivity index (χ0n) is 15.5. The van der Waals surface area contributed by atoms with E-state index in [0.29, 0.717) is 0 Å². The molecule has 1 aliphatic heterocycles. The molecule has 0 aliphatic carbocycles. The highest BCUT2D eigenvalue weighted by Gasteiger charge is 2.42. The van der Waals surface area contributed by atoms with Gasteiger partial charge in [0.25, 0.3) is 0 Å². The highest BCUT2D eigenvalue weighted by Crippen LogP contribution is 2.39. The molecule has 0 saturated carbocycles. The number of ether oxygens (including phenoxy) is 3. The van der Waals surface area contributed by atoms with Gasteiger partial charge in [-0.25, -0.2) is 0 Å². The molecular weight excluding hydrogens is 351 g/mol. The lowest BCUT2D eigenvalue weighted by atomic mass is 9.90. The maximum absolute atomic E-state index is 13.3. The minimum Gasteiger partial charge on any atom is -0.490 e. The Morgan fingerprint density at radius 2 is 1.77 bits per heavy atom.